The molecule has 0 aromatic carbocycles. The van der Waals surface area contributed by atoms with Crippen LogP contribution in [0.5, 0.6) is 5.88 Å². The van der Waals surface area contributed by atoms with E-state index in [0.717, 1.165) is 12.0 Å². The molecule has 2 aromatic rings. The van der Waals surface area contributed by atoms with Gasteiger partial charge in [-0.15, -0.1) is 0 Å². The van der Waals surface area contributed by atoms with E-state index in [4.69, 9.17) is 4.74 Å². The third kappa shape index (κ3) is 3.91. The van der Waals surface area contributed by atoms with Gasteiger partial charge in [-0.25, -0.2) is 9.67 Å². The zero-order chi connectivity index (χ0) is 15.9. The average Bonchev–Trinajstić information content (AvgIpc) is 2.55. The zero-order valence-corrected chi connectivity index (χ0v) is 12.6. The van der Waals surface area contributed by atoms with Crippen molar-refractivity contribution in [3.05, 3.63) is 52.1 Å². The second-order valence-corrected chi connectivity index (χ2v) is 4.67. The minimum atomic E-state index is -0.333. The zero-order valence-electron chi connectivity index (χ0n) is 12.6. The number of methoxy groups -OCH3 is 1. The number of carbonyl (C=O) groups is 1. The van der Waals surface area contributed by atoms with Gasteiger partial charge in [0.1, 0.15) is 5.69 Å². The molecule has 0 unspecified atom stereocenters. The summed E-state index contributed by atoms with van der Waals surface area (Å²) in [5, 5.41) is 6.80. The van der Waals surface area contributed by atoms with Crippen molar-refractivity contribution in [2.75, 3.05) is 7.11 Å². The lowest BCUT2D eigenvalue weighted by Crippen LogP contribution is -2.29. The molecule has 0 atom stereocenters. The first kappa shape index (κ1) is 15.7. The maximum absolute atomic E-state index is 12.1. The Bertz CT molecular complexity index is 695. The van der Waals surface area contributed by atoms with Gasteiger partial charge in [-0.2, -0.15) is 5.10 Å². The number of hydrogen-bond donors (Lipinski definition) is 1. The SMILES string of the molecule is CCCn1nc(C(=O)NCc2ccc(OC)nc2)ccc1=O. The smallest absolute Gasteiger partial charge is 0.271 e. The molecule has 22 heavy (non-hydrogen) atoms. The molecule has 0 saturated heterocycles. The molecule has 0 aliphatic rings. The number of ether oxygens (including phenoxy) is 1. The summed E-state index contributed by atoms with van der Waals surface area (Å²) in [6, 6.07) is 6.32. The van der Waals surface area contributed by atoms with Crippen LogP contribution in [0.25, 0.3) is 0 Å². The van der Waals surface area contributed by atoms with Crippen LogP contribution in [0.4, 0.5) is 0 Å². The van der Waals surface area contributed by atoms with Gasteiger partial charge < -0.3 is 10.1 Å². The Labute approximate surface area is 128 Å². The van der Waals surface area contributed by atoms with E-state index in [1.165, 1.54) is 16.8 Å². The van der Waals surface area contributed by atoms with Crippen molar-refractivity contribution in [1.82, 2.24) is 20.1 Å². The fourth-order valence-corrected chi connectivity index (χ4v) is 1.85. The normalized spacial score (nSPS) is 10.3. The fourth-order valence-electron chi connectivity index (χ4n) is 1.85. The van der Waals surface area contributed by atoms with Gasteiger partial charge in [0.2, 0.25) is 5.88 Å². The monoisotopic (exact) mass is 302 g/mol. The molecule has 0 radical (unpaired) electrons. The van der Waals surface area contributed by atoms with Crippen LogP contribution in [0.1, 0.15) is 29.4 Å². The Balaban J connectivity index is 2.02. The first-order valence-corrected chi connectivity index (χ1v) is 6.99. The number of rotatable bonds is 6. The van der Waals surface area contributed by atoms with E-state index in [2.05, 4.69) is 15.4 Å². The molecule has 116 valence electrons. The second kappa shape index (κ2) is 7.35. The summed E-state index contributed by atoms with van der Waals surface area (Å²) in [7, 11) is 1.54. The number of amides is 1. The van der Waals surface area contributed by atoms with Crippen molar-refractivity contribution >= 4 is 5.91 Å². The van der Waals surface area contributed by atoms with Gasteiger partial charge in [0, 0.05) is 31.4 Å². The largest absolute Gasteiger partial charge is 0.481 e. The summed E-state index contributed by atoms with van der Waals surface area (Å²) >= 11 is 0. The van der Waals surface area contributed by atoms with Crippen molar-refractivity contribution in [3.63, 3.8) is 0 Å². The van der Waals surface area contributed by atoms with E-state index < -0.39 is 0 Å². The summed E-state index contributed by atoms with van der Waals surface area (Å²) in [4.78, 5) is 27.7. The third-order valence-electron chi connectivity index (χ3n) is 2.99. The average molecular weight is 302 g/mol. The molecular formula is C15H18N4O3. The van der Waals surface area contributed by atoms with Crippen LogP contribution in [-0.4, -0.2) is 27.8 Å². The Hall–Kier alpha value is -2.70. The number of aryl methyl sites for hydroxylation is 1. The lowest BCUT2D eigenvalue weighted by molar-refractivity contribution is 0.0943. The molecule has 7 nitrogen and oxygen atoms in total. The Morgan fingerprint density at radius 2 is 2.14 bits per heavy atom. The molecule has 2 aromatic heterocycles. The molecular weight excluding hydrogens is 284 g/mol. The maximum atomic E-state index is 12.1. The molecule has 2 rings (SSSR count). The number of hydrogen-bond acceptors (Lipinski definition) is 5. The van der Waals surface area contributed by atoms with E-state index in [0.29, 0.717) is 19.0 Å². The van der Waals surface area contributed by atoms with Gasteiger partial charge in [0.15, 0.2) is 0 Å². The van der Waals surface area contributed by atoms with Crippen molar-refractivity contribution in [2.24, 2.45) is 0 Å². The van der Waals surface area contributed by atoms with Gasteiger partial charge in [0.25, 0.3) is 11.5 Å². The molecule has 2 heterocycles. The highest BCUT2D eigenvalue weighted by Gasteiger charge is 2.09. The number of nitrogens with one attached hydrogen (secondary N) is 1. The molecule has 7 heteroatoms. The van der Waals surface area contributed by atoms with E-state index in [9.17, 15) is 9.59 Å². The van der Waals surface area contributed by atoms with Crippen LogP contribution in [0.2, 0.25) is 0 Å². The van der Waals surface area contributed by atoms with Gasteiger partial charge in [-0.05, 0) is 18.1 Å². The predicted molar refractivity (Wildman–Crippen MR) is 80.7 cm³/mol. The van der Waals surface area contributed by atoms with E-state index >= 15 is 0 Å². The number of carbonyl (C=O) groups excluding carboxylic acids is 1. The third-order valence-corrected chi connectivity index (χ3v) is 2.99. The highest BCUT2D eigenvalue weighted by Crippen LogP contribution is 2.06. The van der Waals surface area contributed by atoms with Crippen LogP contribution >= 0.6 is 0 Å². The highest BCUT2D eigenvalue weighted by molar-refractivity contribution is 5.91. The summed E-state index contributed by atoms with van der Waals surface area (Å²) in [6.07, 6.45) is 2.40. The first-order chi connectivity index (χ1) is 10.6. The van der Waals surface area contributed by atoms with Gasteiger partial charge in [-0.1, -0.05) is 13.0 Å². The molecule has 1 amide bonds. The molecule has 0 aliphatic carbocycles. The maximum Gasteiger partial charge on any atom is 0.271 e. The topological polar surface area (TPSA) is 86.1 Å². The number of nitrogens with zero attached hydrogens (tertiary/aromatic N) is 3. The summed E-state index contributed by atoms with van der Waals surface area (Å²) in [5.74, 6) is 0.184. The molecule has 0 fully saturated rings. The van der Waals surface area contributed by atoms with Gasteiger partial charge in [-0.3, -0.25) is 9.59 Å². The molecule has 0 spiro atoms. The van der Waals surface area contributed by atoms with Crippen molar-refractivity contribution in [2.45, 2.75) is 26.4 Å². The predicted octanol–water partition coefficient (Wildman–Crippen LogP) is 0.987. The Morgan fingerprint density at radius 1 is 1.32 bits per heavy atom. The highest BCUT2D eigenvalue weighted by atomic mass is 16.5. The fraction of sp³-hybridized carbons (Fsp3) is 0.333. The summed E-state index contributed by atoms with van der Waals surface area (Å²) < 4.78 is 6.27. The first-order valence-electron chi connectivity index (χ1n) is 6.99. The van der Waals surface area contributed by atoms with Crippen LogP contribution in [0.15, 0.2) is 35.3 Å². The second-order valence-electron chi connectivity index (χ2n) is 4.67. The lowest BCUT2D eigenvalue weighted by Gasteiger charge is -2.07. The summed E-state index contributed by atoms with van der Waals surface area (Å²) in [6.45, 7) is 2.75. The van der Waals surface area contributed by atoms with E-state index in [1.807, 2.05) is 13.0 Å². The number of pyridine rings is 1. The summed E-state index contributed by atoms with van der Waals surface area (Å²) in [5.41, 5.74) is 0.850. The molecule has 1 N–H and O–H groups in total. The van der Waals surface area contributed by atoms with Crippen LogP contribution < -0.4 is 15.6 Å². The minimum absolute atomic E-state index is 0.210. The van der Waals surface area contributed by atoms with Crippen LogP contribution in [0.3, 0.4) is 0 Å². The van der Waals surface area contributed by atoms with Crippen molar-refractivity contribution < 1.29 is 9.53 Å². The van der Waals surface area contributed by atoms with E-state index in [1.54, 1.807) is 19.4 Å². The number of aromatic nitrogens is 3. The lowest BCUT2D eigenvalue weighted by atomic mass is 10.2. The minimum Gasteiger partial charge on any atom is -0.481 e. The molecule has 0 aliphatic heterocycles. The van der Waals surface area contributed by atoms with Crippen LogP contribution in [-0.2, 0) is 13.1 Å². The molecule has 0 saturated carbocycles. The van der Waals surface area contributed by atoms with Gasteiger partial charge in [0.05, 0.1) is 7.11 Å². The quantitative estimate of drug-likeness (QED) is 0.860. The van der Waals surface area contributed by atoms with Gasteiger partial charge >= 0.3 is 0 Å². The van der Waals surface area contributed by atoms with Crippen LogP contribution in [0, 0.1) is 0 Å². The molecule has 0 bridgehead atoms. The Kier molecular flexibility index (Phi) is 5.24. The van der Waals surface area contributed by atoms with E-state index in [-0.39, 0.29) is 17.2 Å². The standard InChI is InChI=1S/C15H18N4O3/c1-3-8-19-14(20)7-5-12(18-19)15(21)17-10-11-4-6-13(22-2)16-9-11/h4-7,9H,3,8,10H2,1-2H3,(H,17,21). The van der Waals surface area contributed by atoms with Crippen molar-refractivity contribution in [1.29, 1.82) is 0 Å². The Morgan fingerprint density at radius 3 is 2.77 bits per heavy atom. The van der Waals surface area contributed by atoms with Crippen molar-refractivity contribution in [3.8, 4) is 5.88 Å².